The van der Waals surface area contributed by atoms with Gasteiger partial charge in [-0.15, -0.1) is 0 Å². The molecule has 4 heteroatoms. The van der Waals surface area contributed by atoms with E-state index in [9.17, 15) is 4.79 Å². The van der Waals surface area contributed by atoms with Crippen LogP contribution in [0.5, 0.6) is 0 Å². The molecule has 0 aromatic rings. The van der Waals surface area contributed by atoms with E-state index in [2.05, 4.69) is 5.32 Å². The molecular weight excluding hydrogens is 168 g/mol. The second-order valence-corrected chi connectivity index (χ2v) is 3.01. The highest BCUT2D eigenvalue weighted by Gasteiger charge is 2.14. The second-order valence-electron chi connectivity index (χ2n) is 3.01. The zero-order valence-corrected chi connectivity index (χ0v) is 8.51. The summed E-state index contributed by atoms with van der Waals surface area (Å²) in [4.78, 5) is 11.4. The summed E-state index contributed by atoms with van der Waals surface area (Å²) >= 11 is 0. The van der Waals surface area contributed by atoms with E-state index < -0.39 is 0 Å². The van der Waals surface area contributed by atoms with Crippen LogP contribution in [0.1, 0.15) is 19.8 Å². The van der Waals surface area contributed by atoms with Crippen molar-refractivity contribution in [3.63, 3.8) is 0 Å². The van der Waals surface area contributed by atoms with Crippen molar-refractivity contribution in [1.82, 2.24) is 5.32 Å². The fraction of sp³-hybridized carbons (Fsp3) is 0.889. The summed E-state index contributed by atoms with van der Waals surface area (Å²) in [7, 11) is 1.61. The molecule has 0 saturated heterocycles. The monoisotopic (exact) mass is 188 g/mol. The Kier molecular flexibility index (Phi) is 7.63. The summed E-state index contributed by atoms with van der Waals surface area (Å²) in [5, 5.41) is 2.78. The van der Waals surface area contributed by atoms with Crippen LogP contribution >= 0.6 is 0 Å². The highest BCUT2D eigenvalue weighted by molar-refractivity contribution is 5.78. The Morgan fingerprint density at radius 1 is 1.62 bits per heavy atom. The normalized spacial score (nSPS) is 12.5. The molecule has 3 N–H and O–H groups in total. The summed E-state index contributed by atoms with van der Waals surface area (Å²) in [6.45, 7) is 3.59. The molecule has 4 nitrogen and oxygen atoms in total. The minimum Gasteiger partial charge on any atom is -0.383 e. The Bertz CT molecular complexity index is 140. The van der Waals surface area contributed by atoms with Gasteiger partial charge in [0.15, 0.2) is 0 Å². The summed E-state index contributed by atoms with van der Waals surface area (Å²) in [6, 6.07) is 0. The molecular formula is C9H20N2O2. The highest BCUT2D eigenvalue weighted by atomic mass is 16.5. The molecule has 0 aliphatic carbocycles. The first-order valence-corrected chi connectivity index (χ1v) is 4.73. The van der Waals surface area contributed by atoms with E-state index in [1.54, 1.807) is 7.11 Å². The van der Waals surface area contributed by atoms with Crippen molar-refractivity contribution in [3.8, 4) is 0 Å². The molecule has 0 bridgehead atoms. The van der Waals surface area contributed by atoms with Crippen molar-refractivity contribution in [3.05, 3.63) is 0 Å². The lowest BCUT2D eigenvalue weighted by molar-refractivity contribution is -0.125. The van der Waals surface area contributed by atoms with Gasteiger partial charge in [0.05, 0.1) is 12.5 Å². The number of amides is 1. The number of hydrogen-bond donors (Lipinski definition) is 2. The van der Waals surface area contributed by atoms with Gasteiger partial charge in [0, 0.05) is 20.2 Å². The molecule has 0 rings (SSSR count). The van der Waals surface area contributed by atoms with Gasteiger partial charge in [-0.3, -0.25) is 4.79 Å². The molecule has 0 aromatic carbocycles. The molecule has 1 unspecified atom stereocenters. The smallest absolute Gasteiger partial charge is 0.224 e. The Balaban J connectivity index is 3.64. The van der Waals surface area contributed by atoms with Crippen LogP contribution in [0.2, 0.25) is 0 Å². The first-order chi connectivity index (χ1) is 6.26. The third-order valence-corrected chi connectivity index (χ3v) is 1.90. The van der Waals surface area contributed by atoms with E-state index in [-0.39, 0.29) is 11.8 Å². The maximum Gasteiger partial charge on any atom is 0.224 e. The Morgan fingerprint density at radius 2 is 2.31 bits per heavy atom. The molecule has 0 aliphatic rings. The lowest BCUT2D eigenvalue weighted by atomic mass is 10.0. The number of nitrogens with one attached hydrogen (secondary N) is 1. The standard InChI is InChI=1S/C9H20N2O2/c1-3-4-8(7-10)9(12)11-5-6-13-2/h8H,3-7,10H2,1-2H3,(H,11,12). The van der Waals surface area contributed by atoms with E-state index in [0.29, 0.717) is 19.7 Å². The van der Waals surface area contributed by atoms with Crippen LogP contribution in [0.25, 0.3) is 0 Å². The molecule has 0 radical (unpaired) electrons. The highest BCUT2D eigenvalue weighted by Crippen LogP contribution is 2.03. The fourth-order valence-corrected chi connectivity index (χ4v) is 1.13. The maximum atomic E-state index is 11.4. The Labute approximate surface area is 79.8 Å². The van der Waals surface area contributed by atoms with E-state index in [1.165, 1.54) is 0 Å². The zero-order valence-electron chi connectivity index (χ0n) is 8.51. The van der Waals surface area contributed by atoms with Gasteiger partial charge in [0.2, 0.25) is 5.91 Å². The quantitative estimate of drug-likeness (QED) is 0.558. The first kappa shape index (κ1) is 12.4. The van der Waals surface area contributed by atoms with Crippen LogP contribution in [0, 0.1) is 5.92 Å². The van der Waals surface area contributed by atoms with E-state index in [0.717, 1.165) is 12.8 Å². The second kappa shape index (κ2) is 8.01. The van der Waals surface area contributed by atoms with Gasteiger partial charge in [-0.25, -0.2) is 0 Å². The lowest BCUT2D eigenvalue weighted by Crippen LogP contribution is -2.36. The van der Waals surface area contributed by atoms with Gasteiger partial charge in [-0.1, -0.05) is 13.3 Å². The number of rotatable bonds is 7. The van der Waals surface area contributed by atoms with Crippen LogP contribution in [0.4, 0.5) is 0 Å². The van der Waals surface area contributed by atoms with Crippen LogP contribution < -0.4 is 11.1 Å². The van der Waals surface area contributed by atoms with Crippen LogP contribution in [-0.2, 0) is 9.53 Å². The van der Waals surface area contributed by atoms with E-state index >= 15 is 0 Å². The molecule has 78 valence electrons. The third kappa shape index (κ3) is 5.60. The van der Waals surface area contributed by atoms with Gasteiger partial charge in [-0.2, -0.15) is 0 Å². The van der Waals surface area contributed by atoms with E-state index in [1.807, 2.05) is 6.92 Å². The average molecular weight is 188 g/mol. The van der Waals surface area contributed by atoms with Crippen molar-refractivity contribution in [2.45, 2.75) is 19.8 Å². The summed E-state index contributed by atoms with van der Waals surface area (Å²) < 4.78 is 4.82. The van der Waals surface area contributed by atoms with Gasteiger partial charge >= 0.3 is 0 Å². The number of carbonyl (C=O) groups is 1. The molecule has 0 fully saturated rings. The number of methoxy groups -OCH3 is 1. The molecule has 13 heavy (non-hydrogen) atoms. The summed E-state index contributed by atoms with van der Waals surface area (Å²) in [5.74, 6) is 0.00301. The molecule has 0 saturated carbocycles. The molecule has 0 aromatic heterocycles. The molecule has 1 amide bonds. The van der Waals surface area contributed by atoms with Crippen molar-refractivity contribution in [2.75, 3.05) is 26.8 Å². The van der Waals surface area contributed by atoms with Crippen LogP contribution in [0.15, 0.2) is 0 Å². The van der Waals surface area contributed by atoms with Gasteiger partial charge in [0.25, 0.3) is 0 Å². The van der Waals surface area contributed by atoms with Crippen molar-refractivity contribution in [2.24, 2.45) is 11.7 Å². The summed E-state index contributed by atoms with van der Waals surface area (Å²) in [6.07, 6.45) is 1.84. The largest absolute Gasteiger partial charge is 0.383 e. The van der Waals surface area contributed by atoms with Crippen LogP contribution in [0.3, 0.4) is 0 Å². The van der Waals surface area contributed by atoms with Gasteiger partial charge in [0.1, 0.15) is 0 Å². The van der Waals surface area contributed by atoms with Crippen molar-refractivity contribution >= 4 is 5.91 Å². The molecule has 0 aliphatic heterocycles. The predicted octanol–water partition coefficient (Wildman–Crippen LogP) is 0.124. The van der Waals surface area contributed by atoms with E-state index in [4.69, 9.17) is 10.5 Å². The minimum absolute atomic E-state index is 0.0399. The topological polar surface area (TPSA) is 64.4 Å². The Hall–Kier alpha value is -0.610. The van der Waals surface area contributed by atoms with Crippen LogP contribution in [-0.4, -0.2) is 32.7 Å². The maximum absolute atomic E-state index is 11.4. The molecule has 1 atom stereocenters. The SMILES string of the molecule is CCCC(CN)C(=O)NCCOC. The fourth-order valence-electron chi connectivity index (χ4n) is 1.13. The summed E-state index contributed by atoms with van der Waals surface area (Å²) in [5.41, 5.74) is 5.47. The molecule has 0 spiro atoms. The number of carbonyl (C=O) groups excluding carboxylic acids is 1. The predicted molar refractivity (Wildman–Crippen MR) is 52.3 cm³/mol. The number of nitrogens with two attached hydrogens (primary N) is 1. The number of ether oxygens (including phenoxy) is 1. The molecule has 0 heterocycles. The van der Waals surface area contributed by atoms with Gasteiger partial charge in [-0.05, 0) is 6.42 Å². The first-order valence-electron chi connectivity index (χ1n) is 4.73. The minimum atomic E-state index is -0.0399. The average Bonchev–Trinajstić information content (AvgIpc) is 2.14. The van der Waals surface area contributed by atoms with Crippen molar-refractivity contribution in [1.29, 1.82) is 0 Å². The Morgan fingerprint density at radius 3 is 2.77 bits per heavy atom. The lowest BCUT2D eigenvalue weighted by Gasteiger charge is -2.13. The third-order valence-electron chi connectivity index (χ3n) is 1.90. The van der Waals surface area contributed by atoms with Crippen molar-refractivity contribution < 1.29 is 9.53 Å². The van der Waals surface area contributed by atoms with Gasteiger partial charge < -0.3 is 15.8 Å². The zero-order chi connectivity index (χ0) is 10.1. The number of hydrogen-bond acceptors (Lipinski definition) is 3.